The van der Waals surface area contributed by atoms with Crippen LogP contribution >= 0.6 is 0 Å². The molecule has 0 aliphatic heterocycles. The minimum atomic E-state index is 0.123. The third kappa shape index (κ3) is 5.87. The van der Waals surface area contributed by atoms with Crippen LogP contribution in [-0.4, -0.2) is 9.97 Å². The van der Waals surface area contributed by atoms with E-state index in [9.17, 15) is 0 Å². The molecule has 15 rings (SSSR count). The first kappa shape index (κ1) is 37.9. The first-order chi connectivity index (χ1) is 32.6. The van der Waals surface area contributed by atoms with E-state index in [-0.39, 0.29) is 5.41 Å². The van der Waals surface area contributed by atoms with Crippen molar-refractivity contribution < 1.29 is 0 Å². The van der Waals surface area contributed by atoms with Gasteiger partial charge in [-0.3, -0.25) is 0 Å². The number of nitrogens with zero attached hydrogens (tertiary/aromatic N) is 2. The van der Waals surface area contributed by atoms with Gasteiger partial charge in [0.05, 0.1) is 11.4 Å². The highest BCUT2D eigenvalue weighted by atomic mass is 14.9. The molecule has 1 aromatic heterocycles. The van der Waals surface area contributed by atoms with E-state index in [0.29, 0.717) is 0 Å². The fraction of sp³-hybridized carbons (Fsp3) is 0.156. The van der Waals surface area contributed by atoms with Gasteiger partial charge in [-0.15, -0.1) is 0 Å². The minimum absolute atomic E-state index is 0.123. The molecule has 2 nitrogen and oxygen atoms in total. The lowest BCUT2D eigenvalue weighted by Crippen LogP contribution is -2.55. The van der Waals surface area contributed by atoms with E-state index in [2.05, 4.69) is 200 Å². The highest BCUT2D eigenvalue weighted by molar-refractivity contribution is 6.01. The molecule has 2 heteroatoms. The van der Waals surface area contributed by atoms with E-state index < -0.39 is 0 Å². The lowest BCUT2D eigenvalue weighted by atomic mass is 9.43. The lowest BCUT2D eigenvalue weighted by Gasteiger charge is -2.61. The second-order valence-corrected chi connectivity index (χ2v) is 19.7. The number of rotatable bonds is 6. The van der Waals surface area contributed by atoms with Crippen molar-refractivity contribution in [3.63, 3.8) is 0 Å². The number of hydrogen-bond acceptors (Lipinski definition) is 2. The van der Waals surface area contributed by atoms with Gasteiger partial charge in [0.25, 0.3) is 0 Å². The summed E-state index contributed by atoms with van der Waals surface area (Å²) in [7, 11) is 0. The maximum absolute atomic E-state index is 5.22. The molecule has 0 amide bonds. The summed E-state index contributed by atoms with van der Waals surface area (Å²) in [5.74, 6) is 4.01. The lowest BCUT2D eigenvalue weighted by molar-refractivity contribution is -0.0398. The van der Waals surface area contributed by atoms with Crippen molar-refractivity contribution in [3.8, 4) is 78.4 Å². The standard InChI is InChI=1S/C64H48N2/c1-3-11-42(12-4-1)43-21-28-47(29-22-43)60-39-61(66-63(65-60)48-13-5-2-6-14-48)51-30-27-44-17-9-18-54(56(44)37-51)45-23-25-46(26-24-45)55-19-10-20-58-62(55)57-36-49-15-7-8-16-50(49)38-59(57)64(58)52-32-40-31-41(34-52)35-53(64)33-40/h1-30,36-41,52-53H,31-35H2. The fourth-order valence-electron chi connectivity index (χ4n) is 13.6. The predicted octanol–water partition coefficient (Wildman–Crippen LogP) is 16.5. The first-order valence-corrected chi connectivity index (χ1v) is 24.1. The Morgan fingerprint density at radius 2 is 0.864 bits per heavy atom. The van der Waals surface area contributed by atoms with Crippen LogP contribution in [0, 0.1) is 23.7 Å². The van der Waals surface area contributed by atoms with E-state index in [1.165, 1.54) is 98.2 Å². The first-order valence-electron chi connectivity index (χ1n) is 24.1. The molecule has 0 atom stereocenters. The highest BCUT2D eigenvalue weighted by Gasteiger charge is 2.61. The summed E-state index contributed by atoms with van der Waals surface area (Å²) in [5, 5.41) is 5.14. The van der Waals surface area contributed by atoms with Crippen molar-refractivity contribution in [2.45, 2.75) is 37.5 Å². The average Bonchev–Trinajstić information content (AvgIpc) is 3.66. The van der Waals surface area contributed by atoms with Gasteiger partial charge in [0, 0.05) is 22.1 Å². The molecule has 5 aliphatic carbocycles. The van der Waals surface area contributed by atoms with E-state index in [1.807, 2.05) is 6.07 Å². The van der Waals surface area contributed by atoms with Gasteiger partial charge in [-0.25, -0.2) is 9.97 Å². The molecule has 9 aromatic carbocycles. The molecule has 0 radical (unpaired) electrons. The normalized spacial score (nSPS) is 21.1. The summed E-state index contributed by atoms with van der Waals surface area (Å²) < 4.78 is 0. The van der Waals surface area contributed by atoms with Crippen LogP contribution in [0.15, 0.2) is 206 Å². The zero-order valence-electron chi connectivity index (χ0n) is 36.9. The van der Waals surface area contributed by atoms with Gasteiger partial charge < -0.3 is 0 Å². The van der Waals surface area contributed by atoms with Crippen LogP contribution in [0.5, 0.6) is 0 Å². The maximum atomic E-state index is 5.22. The minimum Gasteiger partial charge on any atom is -0.228 e. The summed E-state index contributed by atoms with van der Waals surface area (Å²) in [6.07, 6.45) is 7.02. The van der Waals surface area contributed by atoms with E-state index >= 15 is 0 Å². The third-order valence-electron chi connectivity index (χ3n) is 16.3. The molecule has 10 aromatic rings. The van der Waals surface area contributed by atoms with Gasteiger partial charge >= 0.3 is 0 Å². The van der Waals surface area contributed by atoms with Crippen LogP contribution in [0.1, 0.15) is 43.2 Å². The van der Waals surface area contributed by atoms with Crippen molar-refractivity contribution in [2.75, 3.05) is 0 Å². The summed E-state index contributed by atoms with van der Waals surface area (Å²) >= 11 is 0. The number of fused-ring (bicyclic) bond motifs is 5. The zero-order chi connectivity index (χ0) is 43.3. The predicted molar refractivity (Wildman–Crippen MR) is 273 cm³/mol. The van der Waals surface area contributed by atoms with Gasteiger partial charge in [-0.2, -0.15) is 0 Å². The Labute approximate surface area is 386 Å². The number of benzene rings is 9. The molecule has 0 N–H and O–H groups in total. The van der Waals surface area contributed by atoms with Crippen LogP contribution in [0.25, 0.3) is 100.0 Å². The van der Waals surface area contributed by atoms with Gasteiger partial charge in [-0.05, 0) is 157 Å². The van der Waals surface area contributed by atoms with Crippen LogP contribution < -0.4 is 0 Å². The van der Waals surface area contributed by atoms with Crippen molar-refractivity contribution in [2.24, 2.45) is 23.7 Å². The van der Waals surface area contributed by atoms with Crippen molar-refractivity contribution in [1.29, 1.82) is 0 Å². The molecule has 5 aliphatic rings. The van der Waals surface area contributed by atoms with Gasteiger partial charge in [0.15, 0.2) is 5.82 Å². The van der Waals surface area contributed by atoms with Crippen molar-refractivity contribution >= 4 is 21.5 Å². The molecule has 0 saturated heterocycles. The third-order valence-corrected chi connectivity index (χ3v) is 16.3. The van der Waals surface area contributed by atoms with Gasteiger partial charge in [0.2, 0.25) is 0 Å². The molecule has 1 spiro atoms. The fourth-order valence-corrected chi connectivity index (χ4v) is 13.6. The summed E-state index contributed by atoms with van der Waals surface area (Å²) in [4.78, 5) is 10.4. The Kier molecular flexibility index (Phi) is 8.50. The molecular weight excluding hydrogens is 797 g/mol. The highest BCUT2D eigenvalue weighted by Crippen LogP contribution is 2.70. The topological polar surface area (TPSA) is 25.8 Å². The van der Waals surface area contributed by atoms with E-state index in [0.717, 1.165) is 57.6 Å². The summed E-state index contributed by atoms with van der Waals surface area (Å²) in [6.45, 7) is 0. The maximum Gasteiger partial charge on any atom is 0.160 e. The molecule has 4 fully saturated rings. The van der Waals surface area contributed by atoms with Crippen molar-refractivity contribution in [3.05, 3.63) is 217 Å². The molecule has 1 heterocycles. The Morgan fingerprint density at radius 1 is 0.333 bits per heavy atom. The molecular formula is C64H48N2. The van der Waals surface area contributed by atoms with Crippen LogP contribution in [0.4, 0.5) is 0 Å². The molecule has 4 saturated carbocycles. The SMILES string of the molecule is c1ccc(-c2ccc(-c3cc(-c4ccc5cccc(-c6ccc(-c7cccc8c7-c7cc9ccccc9cc7C87C8CC9CC(C8)CC7C9)cc6)c5c4)nc(-c4ccccc4)n3)cc2)cc1. The molecule has 66 heavy (non-hydrogen) atoms. The second kappa shape index (κ2) is 14.8. The second-order valence-electron chi connectivity index (χ2n) is 19.7. The number of hydrogen-bond donors (Lipinski definition) is 0. The van der Waals surface area contributed by atoms with Gasteiger partial charge in [-0.1, -0.05) is 182 Å². The largest absolute Gasteiger partial charge is 0.228 e. The van der Waals surface area contributed by atoms with Crippen LogP contribution in [0.2, 0.25) is 0 Å². The zero-order valence-corrected chi connectivity index (χ0v) is 36.9. The van der Waals surface area contributed by atoms with E-state index in [4.69, 9.17) is 9.97 Å². The average molecular weight is 845 g/mol. The summed E-state index contributed by atoms with van der Waals surface area (Å²) in [5.41, 5.74) is 18.7. The number of aromatic nitrogens is 2. The van der Waals surface area contributed by atoms with E-state index in [1.54, 1.807) is 11.1 Å². The Bertz CT molecular complexity index is 3490. The van der Waals surface area contributed by atoms with Crippen LogP contribution in [0.3, 0.4) is 0 Å². The van der Waals surface area contributed by atoms with Gasteiger partial charge in [0.1, 0.15) is 0 Å². The van der Waals surface area contributed by atoms with Crippen molar-refractivity contribution in [1.82, 2.24) is 9.97 Å². The van der Waals surface area contributed by atoms with Crippen LogP contribution in [-0.2, 0) is 5.41 Å². The quantitative estimate of drug-likeness (QED) is 0.167. The molecule has 0 unspecified atom stereocenters. The molecule has 4 bridgehead atoms. The Morgan fingerprint density at radius 3 is 1.58 bits per heavy atom. The Hall–Kier alpha value is -7.42. The summed E-state index contributed by atoms with van der Waals surface area (Å²) in [6, 6.07) is 76.2. The molecule has 314 valence electrons. The Balaban J connectivity index is 0.858. The smallest absolute Gasteiger partial charge is 0.160 e. The monoisotopic (exact) mass is 844 g/mol.